The number of hydrogen-bond acceptors (Lipinski definition) is 3. The molecule has 1 amide bonds. The summed E-state index contributed by atoms with van der Waals surface area (Å²) < 4.78 is 2.41. The van der Waals surface area contributed by atoms with Crippen molar-refractivity contribution in [3.8, 4) is 0 Å². The van der Waals surface area contributed by atoms with Crippen molar-refractivity contribution in [1.29, 1.82) is 0 Å². The Morgan fingerprint density at radius 3 is 2.87 bits per heavy atom. The van der Waals surface area contributed by atoms with E-state index in [4.69, 9.17) is 5.73 Å². The number of aromatic nitrogens is 2. The van der Waals surface area contributed by atoms with Crippen LogP contribution in [0.4, 0.5) is 0 Å². The lowest BCUT2D eigenvalue weighted by Gasteiger charge is -2.18. The topological polar surface area (TPSA) is 72.9 Å². The minimum atomic E-state index is -0.389. The van der Waals surface area contributed by atoms with Gasteiger partial charge in [0.2, 0.25) is 5.91 Å². The maximum absolute atomic E-state index is 11.4. The van der Waals surface area contributed by atoms with Gasteiger partial charge >= 0.3 is 0 Å². The quantitative estimate of drug-likeness (QED) is 0.840. The molecule has 5 nitrogen and oxygen atoms in total. The van der Waals surface area contributed by atoms with Crippen LogP contribution in [-0.4, -0.2) is 27.8 Å². The van der Waals surface area contributed by atoms with Gasteiger partial charge in [-0.25, -0.2) is 0 Å². The minimum Gasteiger partial charge on any atom is -0.353 e. The lowest BCUT2D eigenvalue weighted by Crippen LogP contribution is -2.45. The molecule has 0 fully saturated rings. The van der Waals surface area contributed by atoms with E-state index in [9.17, 15) is 4.79 Å². The molecular weight excluding hydrogens is 260 g/mol. The summed E-state index contributed by atoms with van der Waals surface area (Å²) in [6, 6.07) is 0. The van der Waals surface area contributed by atoms with Crippen LogP contribution in [0.3, 0.4) is 0 Å². The molecule has 0 bridgehead atoms. The van der Waals surface area contributed by atoms with Gasteiger partial charge in [0.05, 0.1) is 10.7 Å². The molecule has 0 unspecified atom stereocenters. The Morgan fingerprint density at radius 2 is 2.40 bits per heavy atom. The summed E-state index contributed by atoms with van der Waals surface area (Å²) in [5.74, 6) is -0.0934. The van der Waals surface area contributed by atoms with Crippen molar-refractivity contribution in [1.82, 2.24) is 15.1 Å². The van der Waals surface area contributed by atoms with Gasteiger partial charge in [-0.3, -0.25) is 9.48 Å². The van der Waals surface area contributed by atoms with Crippen molar-refractivity contribution in [3.05, 3.63) is 16.9 Å². The molecule has 0 atom stereocenters. The van der Waals surface area contributed by atoms with E-state index < -0.39 is 0 Å². The van der Waals surface area contributed by atoms with Gasteiger partial charge in [-0.05, 0) is 29.8 Å². The van der Waals surface area contributed by atoms with Crippen molar-refractivity contribution >= 4 is 21.8 Å². The molecule has 1 aromatic heterocycles. The number of carbonyl (C=O) groups excluding carboxylic acids is 1. The largest absolute Gasteiger partial charge is 0.353 e. The zero-order valence-corrected chi connectivity index (χ0v) is 10.4. The third-order valence-corrected chi connectivity index (χ3v) is 2.06. The van der Waals surface area contributed by atoms with Gasteiger partial charge in [0, 0.05) is 18.3 Å². The fourth-order valence-electron chi connectivity index (χ4n) is 0.954. The molecule has 0 aliphatic carbocycles. The second-order valence-corrected chi connectivity index (χ2v) is 5.04. The van der Waals surface area contributed by atoms with E-state index in [1.807, 2.05) is 13.8 Å². The molecule has 3 N–H and O–H groups in total. The summed E-state index contributed by atoms with van der Waals surface area (Å²) in [4.78, 5) is 11.4. The predicted octanol–water partition coefficient (Wildman–Crippen LogP) is 0.499. The fourth-order valence-corrected chi connectivity index (χ4v) is 1.28. The average molecular weight is 275 g/mol. The first-order chi connectivity index (χ1) is 6.87. The molecule has 0 radical (unpaired) electrons. The van der Waals surface area contributed by atoms with E-state index in [-0.39, 0.29) is 18.0 Å². The molecule has 84 valence electrons. The van der Waals surface area contributed by atoms with E-state index in [2.05, 4.69) is 26.3 Å². The smallest absolute Gasteiger partial charge is 0.241 e. The normalized spacial score (nSPS) is 11.5. The average Bonchev–Trinajstić information content (AvgIpc) is 2.47. The Bertz CT molecular complexity index is 342. The van der Waals surface area contributed by atoms with Crippen LogP contribution in [0.2, 0.25) is 0 Å². The van der Waals surface area contributed by atoms with Crippen LogP contribution in [0.1, 0.15) is 13.8 Å². The molecule has 0 aliphatic rings. The van der Waals surface area contributed by atoms with Gasteiger partial charge in [-0.15, -0.1) is 0 Å². The molecule has 0 saturated carbocycles. The first kappa shape index (κ1) is 12.2. The Hall–Kier alpha value is -0.880. The number of rotatable bonds is 4. The first-order valence-electron chi connectivity index (χ1n) is 4.60. The van der Waals surface area contributed by atoms with Gasteiger partial charge in [0.1, 0.15) is 6.54 Å². The number of amides is 1. The Morgan fingerprint density at radius 1 is 1.73 bits per heavy atom. The summed E-state index contributed by atoms with van der Waals surface area (Å²) in [5.41, 5.74) is 5.35. The van der Waals surface area contributed by atoms with E-state index in [0.717, 1.165) is 4.47 Å². The Balaban J connectivity index is 2.37. The third kappa shape index (κ3) is 4.94. The molecule has 0 saturated heterocycles. The number of nitrogens with zero attached hydrogens (tertiary/aromatic N) is 2. The summed E-state index contributed by atoms with van der Waals surface area (Å²) in [6.45, 7) is 4.38. The summed E-state index contributed by atoms with van der Waals surface area (Å²) in [6.07, 6.45) is 3.38. The molecular formula is C9H15BrN4O. The van der Waals surface area contributed by atoms with Crippen molar-refractivity contribution in [2.24, 2.45) is 5.73 Å². The number of halogens is 1. The number of hydrogen-bond donors (Lipinski definition) is 2. The van der Waals surface area contributed by atoms with Crippen molar-refractivity contribution < 1.29 is 4.79 Å². The van der Waals surface area contributed by atoms with Crippen LogP contribution in [0.5, 0.6) is 0 Å². The molecule has 0 spiro atoms. The summed E-state index contributed by atoms with van der Waals surface area (Å²) in [7, 11) is 0. The molecule has 1 aromatic rings. The minimum absolute atomic E-state index is 0.0934. The van der Waals surface area contributed by atoms with Crippen LogP contribution < -0.4 is 11.1 Å². The van der Waals surface area contributed by atoms with Gasteiger partial charge in [-0.2, -0.15) is 5.10 Å². The predicted molar refractivity (Wildman–Crippen MR) is 61.2 cm³/mol. The van der Waals surface area contributed by atoms with E-state index in [1.54, 1.807) is 17.1 Å². The molecule has 0 aliphatic heterocycles. The van der Waals surface area contributed by atoms with E-state index in [1.165, 1.54) is 0 Å². The highest BCUT2D eigenvalue weighted by Crippen LogP contribution is 2.05. The van der Waals surface area contributed by atoms with Gasteiger partial charge < -0.3 is 11.1 Å². The molecule has 6 heteroatoms. The number of carbonyl (C=O) groups is 1. The van der Waals surface area contributed by atoms with Crippen LogP contribution in [0.15, 0.2) is 16.9 Å². The van der Waals surface area contributed by atoms with Crippen molar-refractivity contribution in [2.75, 3.05) is 6.54 Å². The maximum atomic E-state index is 11.4. The maximum Gasteiger partial charge on any atom is 0.241 e. The zero-order valence-electron chi connectivity index (χ0n) is 8.83. The molecule has 1 heterocycles. The lowest BCUT2D eigenvalue weighted by molar-refractivity contribution is -0.122. The zero-order chi connectivity index (χ0) is 11.5. The first-order valence-corrected chi connectivity index (χ1v) is 5.40. The monoisotopic (exact) mass is 274 g/mol. The molecule has 15 heavy (non-hydrogen) atoms. The van der Waals surface area contributed by atoms with E-state index in [0.29, 0.717) is 6.54 Å². The highest BCUT2D eigenvalue weighted by molar-refractivity contribution is 9.10. The number of nitrogens with one attached hydrogen (secondary N) is 1. The van der Waals surface area contributed by atoms with Crippen LogP contribution >= 0.6 is 15.9 Å². The summed E-state index contributed by atoms with van der Waals surface area (Å²) >= 11 is 3.26. The van der Waals surface area contributed by atoms with Gasteiger partial charge in [0.15, 0.2) is 0 Å². The fraction of sp³-hybridized carbons (Fsp3) is 0.556. The van der Waals surface area contributed by atoms with Gasteiger partial charge in [0.25, 0.3) is 0 Å². The van der Waals surface area contributed by atoms with Crippen LogP contribution in [0.25, 0.3) is 0 Å². The Labute approximate surface area is 97.1 Å². The van der Waals surface area contributed by atoms with Crippen LogP contribution in [-0.2, 0) is 11.3 Å². The van der Waals surface area contributed by atoms with E-state index >= 15 is 0 Å². The highest BCUT2D eigenvalue weighted by Gasteiger charge is 2.12. The second kappa shape index (κ2) is 4.76. The third-order valence-electron chi connectivity index (χ3n) is 1.65. The molecule has 0 aromatic carbocycles. The number of nitrogens with two attached hydrogens (primary N) is 1. The highest BCUT2D eigenvalue weighted by atomic mass is 79.9. The van der Waals surface area contributed by atoms with Crippen molar-refractivity contribution in [3.63, 3.8) is 0 Å². The van der Waals surface area contributed by atoms with Gasteiger partial charge in [-0.1, -0.05) is 0 Å². The van der Waals surface area contributed by atoms with Crippen LogP contribution in [0, 0.1) is 0 Å². The second-order valence-electron chi connectivity index (χ2n) is 4.12. The molecule has 1 rings (SSSR count). The summed E-state index contributed by atoms with van der Waals surface area (Å²) in [5, 5.41) is 6.72. The Kier molecular flexibility index (Phi) is 3.87. The SMILES string of the molecule is CC(C)(N)CNC(=O)Cn1cc(Br)cn1. The standard InChI is InChI=1S/C9H15BrN4O/c1-9(2,11)6-12-8(15)5-14-4-7(10)3-13-14/h3-4H,5-6,11H2,1-2H3,(H,12,15). The lowest BCUT2D eigenvalue weighted by atomic mass is 10.1. The van der Waals surface area contributed by atoms with Crippen molar-refractivity contribution in [2.45, 2.75) is 25.9 Å².